The first kappa shape index (κ1) is 23.0. The zero-order valence-corrected chi connectivity index (χ0v) is 18.7. The molecular formula is C18H29IN6O2. The van der Waals surface area contributed by atoms with E-state index >= 15 is 0 Å². The van der Waals surface area contributed by atoms with Crippen molar-refractivity contribution in [3.05, 3.63) is 35.9 Å². The molecule has 0 aliphatic rings. The van der Waals surface area contributed by atoms with E-state index in [1.54, 1.807) is 11.8 Å². The van der Waals surface area contributed by atoms with E-state index in [-0.39, 0.29) is 24.0 Å². The first-order chi connectivity index (χ1) is 12.7. The number of hydrogen-bond donors (Lipinski definition) is 2. The molecule has 1 aromatic heterocycles. The van der Waals surface area contributed by atoms with Gasteiger partial charge in [0.15, 0.2) is 17.5 Å². The minimum Gasteiger partial charge on any atom is -0.493 e. The van der Waals surface area contributed by atoms with Crippen molar-refractivity contribution in [1.82, 2.24) is 25.4 Å². The molecule has 0 aliphatic carbocycles. The van der Waals surface area contributed by atoms with Crippen LogP contribution in [-0.4, -0.2) is 41.0 Å². The average Bonchev–Trinajstić information content (AvgIpc) is 3.07. The highest BCUT2D eigenvalue weighted by atomic mass is 127. The normalized spacial score (nSPS) is 10.9. The number of guanidine groups is 1. The summed E-state index contributed by atoms with van der Waals surface area (Å²) < 4.78 is 12.8. The highest BCUT2D eigenvalue weighted by Gasteiger charge is 2.06. The molecule has 0 radical (unpaired) electrons. The first-order valence-electron chi connectivity index (χ1n) is 8.82. The van der Waals surface area contributed by atoms with Crippen LogP contribution in [-0.2, 0) is 20.1 Å². The molecule has 0 fully saturated rings. The van der Waals surface area contributed by atoms with E-state index in [2.05, 4.69) is 32.6 Å². The average molecular weight is 488 g/mol. The summed E-state index contributed by atoms with van der Waals surface area (Å²) in [7, 11) is 3.51. The second-order valence-corrected chi connectivity index (χ2v) is 5.68. The van der Waals surface area contributed by atoms with Crippen LogP contribution in [0.5, 0.6) is 11.5 Å². The SMILES string of the molecule is CCCOc1ccc(CN=C(NCC)NCc2ncnn2C)cc1OC.I. The number of methoxy groups -OCH3 is 1. The Morgan fingerprint density at radius 1 is 1.22 bits per heavy atom. The number of hydrogen-bond acceptors (Lipinski definition) is 5. The van der Waals surface area contributed by atoms with Gasteiger partial charge in [0.25, 0.3) is 0 Å². The van der Waals surface area contributed by atoms with Crippen molar-refractivity contribution in [2.24, 2.45) is 12.0 Å². The highest BCUT2D eigenvalue weighted by Crippen LogP contribution is 2.28. The van der Waals surface area contributed by atoms with E-state index in [9.17, 15) is 0 Å². The summed E-state index contributed by atoms with van der Waals surface area (Å²) >= 11 is 0. The molecule has 0 saturated heterocycles. The Hall–Kier alpha value is -2.04. The molecule has 0 spiro atoms. The number of aromatic nitrogens is 3. The Morgan fingerprint density at radius 3 is 2.67 bits per heavy atom. The Balaban J connectivity index is 0.00000364. The van der Waals surface area contributed by atoms with Crippen LogP contribution in [0.3, 0.4) is 0 Å². The van der Waals surface area contributed by atoms with Crippen molar-refractivity contribution in [2.45, 2.75) is 33.4 Å². The molecule has 2 N–H and O–H groups in total. The van der Waals surface area contributed by atoms with Crippen LogP contribution < -0.4 is 20.1 Å². The van der Waals surface area contributed by atoms with Gasteiger partial charge in [-0.15, -0.1) is 24.0 Å². The number of nitrogens with one attached hydrogen (secondary N) is 2. The van der Waals surface area contributed by atoms with Crippen LogP contribution >= 0.6 is 24.0 Å². The molecule has 2 rings (SSSR count). The lowest BCUT2D eigenvalue weighted by molar-refractivity contribution is 0.294. The summed E-state index contributed by atoms with van der Waals surface area (Å²) in [4.78, 5) is 8.82. The fourth-order valence-electron chi connectivity index (χ4n) is 2.30. The van der Waals surface area contributed by atoms with Crippen molar-refractivity contribution in [3.8, 4) is 11.5 Å². The summed E-state index contributed by atoms with van der Waals surface area (Å²) in [5.41, 5.74) is 1.04. The maximum Gasteiger partial charge on any atom is 0.191 e. The van der Waals surface area contributed by atoms with E-state index in [1.807, 2.05) is 32.2 Å². The third kappa shape index (κ3) is 7.24. The maximum atomic E-state index is 5.69. The summed E-state index contributed by atoms with van der Waals surface area (Å²) in [5.74, 6) is 3.05. The second kappa shape index (κ2) is 12.4. The molecule has 9 heteroatoms. The zero-order chi connectivity index (χ0) is 18.8. The van der Waals surface area contributed by atoms with E-state index in [0.717, 1.165) is 41.8 Å². The molecule has 0 bridgehead atoms. The van der Waals surface area contributed by atoms with Crippen molar-refractivity contribution in [2.75, 3.05) is 20.3 Å². The van der Waals surface area contributed by atoms with Crippen LogP contribution in [0, 0.1) is 0 Å². The van der Waals surface area contributed by atoms with Gasteiger partial charge in [-0.25, -0.2) is 9.98 Å². The maximum absolute atomic E-state index is 5.69. The molecule has 0 saturated carbocycles. The lowest BCUT2D eigenvalue weighted by Gasteiger charge is -2.12. The van der Waals surface area contributed by atoms with Crippen LogP contribution in [0.25, 0.3) is 0 Å². The second-order valence-electron chi connectivity index (χ2n) is 5.68. The molecule has 150 valence electrons. The number of rotatable bonds is 9. The largest absolute Gasteiger partial charge is 0.493 e. The van der Waals surface area contributed by atoms with Crippen molar-refractivity contribution >= 4 is 29.9 Å². The molecule has 2 aromatic rings. The third-order valence-corrected chi connectivity index (χ3v) is 3.67. The zero-order valence-electron chi connectivity index (χ0n) is 16.4. The summed E-state index contributed by atoms with van der Waals surface area (Å²) in [5, 5.41) is 10.6. The van der Waals surface area contributed by atoms with Crippen LogP contribution in [0.1, 0.15) is 31.7 Å². The Bertz CT molecular complexity index is 720. The number of nitrogens with zero attached hydrogens (tertiary/aromatic N) is 4. The Labute approximate surface area is 177 Å². The van der Waals surface area contributed by atoms with Gasteiger partial charge < -0.3 is 20.1 Å². The van der Waals surface area contributed by atoms with Gasteiger partial charge in [0.05, 0.1) is 26.8 Å². The van der Waals surface area contributed by atoms with Crippen molar-refractivity contribution < 1.29 is 9.47 Å². The predicted octanol–water partition coefficient (Wildman–Crippen LogP) is 2.49. The van der Waals surface area contributed by atoms with Crippen LogP contribution in [0.2, 0.25) is 0 Å². The Morgan fingerprint density at radius 2 is 2.04 bits per heavy atom. The van der Waals surface area contributed by atoms with E-state index in [0.29, 0.717) is 19.7 Å². The number of halogens is 1. The van der Waals surface area contributed by atoms with Gasteiger partial charge in [-0.2, -0.15) is 5.10 Å². The minimum atomic E-state index is 0. The molecule has 0 amide bonds. The number of benzene rings is 1. The monoisotopic (exact) mass is 488 g/mol. The molecular weight excluding hydrogens is 459 g/mol. The smallest absolute Gasteiger partial charge is 0.191 e. The van der Waals surface area contributed by atoms with Crippen molar-refractivity contribution in [3.63, 3.8) is 0 Å². The topological polar surface area (TPSA) is 85.6 Å². The summed E-state index contributed by atoms with van der Waals surface area (Å²) in [6.07, 6.45) is 2.49. The van der Waals surface area contributed by atoms with Gasteiger partial charge in [0.2, 0.25) is 0 Å². The number of aliphatic imine (C=N–C) groups is 1. The van der Waals surface area contributed by atoms with Crippen molar-refractivity contribution in [1.29, 1.82) is 0 Å². The lowest BCUT2D eigenvalue weighted by Crippen LogP contribution is -2.37. The lowest BCUT2D eigenvalue weighted by atomic mass is 10.2. The fraction of sp³-hybridized carbons (Fsp3) is 0.500. The molecule has 1 aromatic carbocycles. The quantitative estimate of drug-likeness (QED) is 0.321. The first-order valence-corrected chi connectivity index (χ1v) is 8.82. The van der Waals surface area contributed by atoms with E-state index in [4.69, 9.17) is 9.47 Å². The van der Waals surface area contributed by atoms with Gasteiger partial charge in [-0.1, -0.05) is 13.0 Å². The van der Waals surface area contributed by atoms with Gasteiger partial charge >= 0.3 is 0 Å². The van der Waals surface area contributed by atoms with Crippen LogP contribution in [0.4, 0.5) is 0 Å². The van der Waals surface area contributed by atoms with Gasteiger partial charge in [0.1, 0.15) is 12.2 Å². The standard InChI is InChI=1S/C18H28N6O2.HI/c1-5-9-26-15-8-7-14(10-16(15)25-4)11-20-18(19-6-2)21-12-17-22-13-23-24(17)3;/h7-8,10,13H,5-6,9,11-12H2,1-4H3,(H2,19,20,21);1H. The molecule has 0 atom stereocenters. The number of aryl methyl sites for hydroxylation is 1. The minimum absolute atomic E-state index is 0. The van der Waals surface area contributed by atoms with E-state index in [1.165, 1.54) is 6.33 Å². The third-order valence-electron chi connectivity index (χ3n) is 3.67. The van der Waals surface area contributed by atoms with Gasteiger partial charge in [-0.05, 0) is 31.0 Å². The molecule has 0 aliphatic heterocycles. The van der Waals surface area contributed by atoms with Gasteiger partial charge in [0, 0.05) is 13.6 Å². The van der Waals surface area contributed by atoms with Crippen LogP contribution in [0.15, 0.2) is 29.5 Å². The summed E-state index contributed by atoms with van der Waals surface area (Å²) in [6, 6.07) is 5.89. The summed E-state index contributed by atoms with van der Waals surface area (Å²) in [6.45, 7) is 6.63. The number of ether oxygens (including phenoxy) is 2. The molecule has 27 heavy (non-hydrogen) atoms. The molecule has 1 heterocycles. The fourth-order valence-corrected chi connectivity index (χ4v) is 2.30. The Kier molecular flexibility index (Phi) is 10.5. The van der Waals surface area contributed by atoms with E-state index < -0.39 is 0 Å². The van der Waals surface area contributed by atoms with Gasteiger partial charge in [-0.3, -0.25) is 4.68 Å². The molecule has 8 nitrogen and oxygen atoms in total. The predicted molar refractivity (Wildman–Crippen MR) is 117 cm³/mol. The highest BCUT2D eigenvalue weighted by molar-refractivity contribution is 14.0. The molecule has 0 unspecified atom stereocenters.